The van der Waals surface area contributed by atoms with Crippen molar-refractivity contribution in [3.05, 3.63) is 46.8 Å². The predicted molar refractivity (Wildman–Crippen MR) is 79.5 cm³/mol. The van der Waals surface area contributed by atoms with Gasteiger partial charge in [-0.2, -0.15) is 18.3 Å². The largest absolute Gasteiger partial charge is 0.437 e. The van der Waals surface area contributed by atoms with Gasteiger partial charge in [0.2, 0.25) is 0 Å². The molecule has 0 amide bonds. The molecule has 7 heteroatoms. The summed E-state index contributed by atoms with van der Waals surface area (Å²) in [6.45, 7) is 1.76. The molecule has 2 aromatic rings. The number of aromatic amines is 1. The van der Waals surface area contributed by atoms with Gasteiger partial charge in [-0.3, -0.25) is 9.89 Å². The Hall–Kier alpha value is -2.31. The first-order chi connectivity index (χ1) is 10.8. The molecule has 1 aromatic carbocycles. The molecule has 4 nitrogen and oxygen atoms in total. The molecule has 1 N–H and O–H groups in total. The molecule has 122 valence electrons. The van der Waals surface area contributed by atoms with Crippen molar-refractivity contribution in [2.75, 3.05) is 11.9 Å². The molecule has 23 heavy (non-hydrogen) atoms. The maximum atomic E-state index is 13.2. The van der Waals surface area contributed by atoms with E-state index in [9.17, 15) is 18.0 Å². The fraction of sp³-hybridized carbons (Fsp3) is 0.375. The van der Waals surface area contributed by atoms with Gasteiger partial charge in [-0.05, 0) is 12.0 Å². The summed E-state index contributed by atoms with van der Waals surface area (Å²) in [5.41, 5.74) is 0.843. The number of aryl methyl sites for hydroxylation is 1. The van der Waals surface area contributed by atoms with Crippen LogP contribution in [-0.2, 0) is 12.6 Å². The molecule has 0 saturated carbocycles. The number of Topliss-reactive ketones (excluding diaryl/α,β-unsaturated/α-hetero) is 1. The number of hydrogen-bond acceptors (Lipinski definition) is 3. The number of rotatable bonds is 3. The van der Waals surface area contributed by atoms with Crippen LogP contribution in [0.4, 0.5) is 18.9 Å². The Morgan fingerprint density at radius 3 is 2.70 bits per heavy atom. The van der Waals surface area contributed by atoms with E-state index in [0.29, 0.717) is 17.7 Å². The van der Waals surface area contributed by atoms with Gasteiger partial charge in [0.15, 0.2) is 11.5 Å². The zero-order chi connectivity index (χ0) is 16.8. The molecule has 0 fully saturated rings. The second kappa shape index (κ2) is 5.40. The summed E-state index contributed by atoms with van der Waals surface area (Å²) in [5, 5.41) is 5.92. The van der Waals surface area contributed by atoms with E-state index >= 15 is 0 Å². The van der Waals surface area contributed by atoms with Crippen LogP contribution in [0.5, 0.6) is 0 Å². The van der Waals surface area contributed by atoms with Crippen molar-refractivity contribution in [3.8, 4) is 0 Å². The zero-order valence-electron chi connectivity index (χ0n) is 12.7. The van der Waals surface area contributed by atoms with Crippen LogP contribution in [0.3, 0.4) is 0 Å². The van der Waals surface area contributed by atoms with Gasteiger partial charge in [-0.1, -0.05) is 31.2 Å². The minimum Gasteiger partial charge on any atom is -0.364 e. The highest BCUT2D eigenvalue weighted by Crippen LogP contribution is 2.43. The third-order valence-corrected chi connectivity index (χ3v) is 4.25. The van der Waals surface area contributed by atoms with Crippen LogP contribution in [0.1, 0.15) is 46.7 Å². The normalized spacial score (nSPS) is 17.4. The van der Waals surface area contributed by atoms with Gasteiger partial charge in [-0.15, -0.1) is 0 Å². The number of halogens is 3. The summed E-state index contributed by atoms with van der Waals surface area (Å²) >= 11 is 0. The molecular formula is C16H16F3N3O. The second-order valence-corrected chi connectivity index (χ2v) is 5.59. The molecule has 1 aliphatic carbocycles. The van der Waals surface area contributed by atoms with Crippen molar-refractivity contribution in [1.29, 1.82) is 0 Å². The number of alkyl halides is 3. The van der Waals surface area contributed by atoms with Crippen molar-refractivity contribution in [2.24, 2.45) is 0 Å². The maximum Gasteiger partial charge on any atom is 0.437 e. The maximum absolute atomic E-state index is 13.2. The number of hydrogen-bond donors (Lipinski definition) is 1. The Kier molecular flexibility index (Phi) is 3.66. The number of benzene rings is 1. The van der Waals surface area contributed by atoms with Gasteiger partial charge >= 0.3 is 6.18 Å². The van der Waals surface area contributed by atoms with Crippen LogP contribution in [0.2, 0.25) is 0 Å². The number of H-pyrrole nitrogens is 1. The Bertz CT molecular complexity index is 751. The lowest BCUT2D eigenvalue weighted by atomic mass is 10.1. The van der Waals surface area contributed by atoms with E-state index in [1.807, 2.05) is 0 Å². The second-order valence-electron chi connectivity index (χ2n) is 5.59. The van der Waals surface area contributed by atoms with Crippen molar-refractivity contribution in [1.82, 2.24) is 10.2 Å². The summed E-state index contributed by atoms with van der Waals surface area (Å²) in [4.78, 5) is 13.6. The van der Waals surface area contributed by atoms with Gasteiger partial charge in [0, 0.05) is 19.0 Å². The first-order valence-corrected chi connectivity index (χ1v) is 7.34. The van der Waals surface area contributed by atoms with Crippen molar-refractivity contribution in [3.63, 3.8) is 0 Å². The quantitative estimate of drug-likeness (QED) is 0.936. The molecule has 1 aromatic heterocycles. The number of aromatic nitrogens is 2. The van der Waals surface area contributed by atoms with E-state index < -0.39 is 17.9 Å². The number of carbonyl (C=O) groups excluding carboxylic acids is 1. The van der Waals surface area contributed by atoms with Gasteiger partial charge in [-0.25, -0.2) is 0 Å². The van der Waals surface area contributed by atoms with Crippen LogP contribution in [0.15, 0.2) is 24.3 Å². The van der Waals surface area contributed by atoms with E-state index in [1.54, 1.807) is 38.2 Å². The minimum atomic E-state index is -4.55. The molecule has 0 spiro atoms. The number of fused-ring (bicyclic) bond motifs is 1. The van der Waals surface area contributed by atoms with Gasteiger partial charge < -0.3 is 4.90 Å². The van der Waals surface area contributed by atoms with E-state index in [-0.39, 0.29) is 17.9 Å². The molecule has 0 saturated heterocycles. The molecule has 1 atom stereocenters. The van der Waals surface area contributed by atoms with Crippen LogP contribution in [-0.4, -0.2) is 23.0 Å². The average Bonchev–Trinajstić information content (AvgIpc) is 3.08. The fourth-order valence-corrected chi connectivity index (χ4v) is 3.13. The van der Waals surface area contributed by atoms with Crippen molar-refractivity contribution >= 4 is 11.5 Å². The standard InChI is InChI=1S/C16H16F3N3O/c1-3-11-14(15(21-20-11)16(17,18)19)22(2)12-8-13(23)10-7-5-4-6-9(10)12/h4-7,12H,3,8H2,1-2H3,(H,20,21). The lowest BCUT2D eigenvalue weighted by molar-refractivity contribution is -0.140. The number of ketones is 1. The summed E-state index contributed by atoms with van der Waals surface area (Å²) in [6.07, 6.45) is -3.98. The van der Waals surface area contributed by atoms with Crippen molar-refractivity contribution < 1.29 is 18.0 Å². The SMILES string of the molecule is CCc1[nH]nc(C(F)(F)F)c1N(C)C1CC(=O)c2ccccc21. The van der Waals surface area contributed by atoms with Crippen LogP contribution in [0.25, 0.3) is 0 Å². The summed E-state index contributed by atoms with van der Waals surface area (Å²) in [5.74, 6) is -0.0486. The van der Waals surface area contributed by atoms with E-state index in [2.05, 4.69) is 10.2 Å². The summed E-state index contributed by atoms with van der Waals surface area (Å²) in [7, 11) is 1.58. The van der Waals surface area contributed by atoms with Crippen LogP contribution >= 0.6 is 0 Å². The molecule has 0 radical (unpaired) electrons. The number of nitrogens with one attached hydrogen (secondary N) is 1. The predicted octanol–water partition coefficient (Wildman–Crippen LogP) is 3.75. The highest BCUT2D eigenvalue weighted by atomic mass is 19.4. The molecular weight excluding hydrogens is 307 g/mol. The smallest absolute Gasteiger partial charge is 0.364 e. The summed E-state index contributed by atoms with van der Waals surface area (Å²) < 4.78 is 39.7. The van der Waals surface area contributed by atoms with E-state index in [4.69, 9.17) is 0 Å². The highest BCUT2D eigenvalue weighted by molar-refractivity contribution is 6.01. The number of carbonyl (C=O) groups is 1. The highest BCUT2D eigenvalue weighted by Gasteiger charge is 2.41. The van der Waals surface area contributed by atoms with Crippen LogP contribution in [0, 0.1) is 0 Å². The molecule has 1 aliphatic rings. The van der Waals surface area contributed by atoms with E-state index in [1.165, 1.54) is 4.90 Å². The molecule has 1 unspecified atom stereocenters. The van der Waals surface area contributed by atoms with E-state index in [0.717, 1.165) is 5.56 Å². The van der Waals surface area contributed by atoms with Gasteiger partial charge in [0.25, 0.3) is 0 Å². The lowest BCUT2D eigenvalue weighted by Gasteiger charge is -2.28. The van der Waals surface area contributed by atoms with Crippen LogP contribution < -0.4 is 4.90 Å². The van der Waals surface area contributed by atoms with Crippen molar-refractivity contribution in [2.45, 2.75) is 32.0 Å². The summed E-state index contributed by atoms with van der Waals surface area (Å²) in [6, 6.07) is 6.64. The minimum absolute atomic E-state index is 0.0227. The first kappa shape index (κ1) is 15.6. The van der Waals surface area contributed by atoms with Gasteiger partial charge in [0.1, 0.15) is 0 Å². The van der Waals surface area contributed by atoms with Gasteiger partial charge in [0.05, 0.1) is 17.4 Å². The Labute approximate surface area is 131 Å². The molecule has 3 rings (SSSR count). The monoisotopic (exact) mass is 323 g/mol. The topological polar surface area (TPSA) is 49.0 Å². The Morgan fingerprint density at radius 2 is 2.04 bits per heavy atom. The average molecular weight is 323 g/mol. The molecule has 1 heterocycles. The third-order valence-electron chi connectivity index (χ3n) is 4.25. The Balaban J connectivity index is 2.07. The Morgan fingerprint density at radius 1 is 1.35 bits per heavy atom. The fourth-order valence-electron chi connectivity index (χ4n) is 3.13. The number of anilines is 1. The zero-order valence-corrected chi connectivity index (χ0v) is 12.7. The lowest BCUT2D eigenvalue weighted by Crippen LogP contribution is -2.26. The molecule has 0 bridgehead atoms. The number of nitrogens with zero attached hydrogens (tertiary/aromatic N) is 2. The third kappa shape index (κ3) is 2.50. The first-order valence-electron chi connectivity index (χ1n) is 7.34. The molecule has 0 aliphatic heterocycles.